The number of hydrogen-bond donors (Lipinski definition) is 0. The first-order valence-corrected chi connectivity index (χ1v) is 4.20. The third kappa shape index (κ3) is 1.12. The fourth-order valence-corrected chi connectivity index (χ4v) is 1.42. The molecule has 0 fully saturated rings. The van der Waals surface area contributed by atoms with Crippen molar-refractivity contribution in [1.82, 2.24) is 5.16 Å². The normalized spacial score (nSPS) is 10.8. The topological polar surface area (TPSA) is 26.0 Å². The first kappa shape index (κ1) is 7.73. The van der Waals surface area contributed by atoms with Crippen LogP contribution in [0.15, 0.2) is 27.2 Å². The van der Waals surface area contributed by atoms with Gasteiger partial charge in [0, 0.05) is 9.86 Å². The van der Waals surface area contributed by atoms with Crippen LogP contribution in [0, 0.1) is 0 Å². The van der Waals surface area contributed by atoms with Gasteiger partial charge in [-0.2, -0.15) is 0 Å². The van der Waals surface area contributed by atoms with Crippen LogP contribution in [0.4, 0.5) is 4.39 Å². The fraction of sp³-hybridized carbons (Fsp3) is 0.125. The highest BCUT2D eigenvalue weighted by Crippen LogP contribution is 2.23. The molecule has 62 valence electrons. The Morgan fingerprint density at radius 3 is 3.08 bits per heavy atom. The van der Waals surface area contributed by atoms with Crippen molar-refractivity contribution < 1.29 is 8.91 Å². The van der Waals surface area contributed by atoms with Crippen molar-refractivity contribution in [1.29, 1.82) is 0 Å². The van der Waals surface area contributed by atoms with E-state index in [1.807, 2.05) is 6.07 Å². The summed E-state index contributed by atoms with van der Waals surface area (Å²) >= 11 is 3.29. The van der Waals surface area contributed by atoms with Crippen molar-refractivity contribution in [3.8, 4) is 0 Å². The predicted octanol–water partition coefficient (Wildman–Crippen LogP) is 3.06. The number of nitrogens with zero attached hydrogens (tertiary/aromatic N) is 1. The summed E-state index contributed by atoms with van der Waals surface area (Å²) in [4.78, 5) is 0. The van der Waals surface area contributed by atoms with E-state index in [0.717, 1.165) is 9.86 Å². The third-order valence-corrected chi connectivity index (χ3v) is 2.13. The van der Waals surface area contributed by atoms with Crippen LogP contribution in [0.5, 0.6) is 0 Å². The summed E-state index contributed by atoms with van der Waals surface area (Å²) in [6.07, 6.45) is 0. The number of fused-ring (bicyclic) bond motifs is 1. The molecule has 0 bridgehead atoms. The van der Waals surface area contributed by atoms with Crippen LogP contribution in [0.25, 0.3) is 11.0 Å². The first-order valence-electron chi connectivity index (χ1n) is 3.41. The Hall–Kier alpha value is -0.900. The van der Waals surface area contributed by atoms with E-state index in [1.54, 1.807) is 12.1 Å². The molecule has 1 heterocycles. The van der Waals surface area contributed by atoms with Crippen molar-refractivity contribution in [3.63, 3.8) is 0 Å². The lowest BCUT2D eigenvalue weighted by Crippen LogP contribution is -1.76. The zero-order valence-electron chi connectivity index (χ0n) is 6.05. The minimum Gasteiger partial charge on any atom is -0.356 e. The molecule has 0 amide bonds. The largest absolute Gasteiger partial charge is 0.356 e. The zero-order valence-corrected chi connectivity index (χ0v) is 7.64. The van der Waals surface area contributed by atoms with Gasteiger partial charge in [-0.3, -0.25) is 0 Å². The molecular weight excluding hydrogens is 225 g/mol. The van der Waals surface area contributed by atoms with Crippen LogP contribution in [-0.4, -0.2) is 5.16 Å². The maximum absolute atomic E-state index is 12.3. The summed E-state index contributed by atoms with van der Waals surface area (Å²) in [5.41, 5.74) is 0.970. The quantitative estimate of drug-likeness (QED) is 0.752. The van der Waals surface area contributed by atoms with Crippen LogP contribution in [0.2, 0.25) is 0 Å². The van der Waals surface area contributed by atoms with Crippen LogP contribution in [0.3, 0.4) is 0 Å². The summed E-state index contributed by atoms with van der Waals surface area (Å²) in [5, 5.41) is 4.31. The van der Waals surface area contributed by atoms with Crippen LogP contribution >= 0.6 is 15.9 Å². The Morgan fingerprint density at radius 1 is 1.50 bits per heavy atom. The predicted molar refractivity (Wildman–Crippen MR) is 46.5 cm³/mol. The number of hydrogen-bond acceptors (Lipinski definition) is 2. The van der Waals surface area contributed by atoms with Crippen LogP contribution in [-0.2, 0) is 6.67 Å². The van der Waals surface area contributed by atoms with Gasteiger partial charge in [0.05, 0.1) is 0 Å². The van der Waals surface area contributed by atoms with Crippen LogP contribution < -0.4 is 0 Å². The maximum atomic E-state index is 12.3. The van der Waals surface area contributed by atoms with Gasteiger partial charge in [0.25, 0.3) is 0 Å². The summed E-state index contributed by atoms with van der Waals surface area (Å²) in [6.45, 7) is -0.594. The second kappa shape index (κ2) is 2.86. The minimum atomic E-state index is -0.594. The third-order valence-electron chi connectivity index (χ3n) is 1.63. The highest BCUT2D eigenvalue weighted by atomic mass is 79.9. The van der Waals surface area contributed by atoms with E-state index in [2.05, 4.69) is 21.1 Å². The second-order valence-electron chi connectivity index (χ2n) is 2.40. The number of benzene rings is 1. The number of aromatic nitrogens is 1. The molecule has 0 aliphatic rings. The van der Waals surface area contributed by atoms with Crippen molar-refractivity contribution in [2.24, 2.45) is 0 Å². The summed E-state index contributed by atoms with van der Waals surface area (Å²) < 4.78 is 18.1. The van der Waals surface area contributed by atoms with E-state index in [1.165, 1.54) is 0 Å². The molecule has 2 rings (SSSR count). The van der Waals surface area contributed by atoms with Crippen LogP contribution in [0.1, 0.15) is 5.69 Å². The van der Waals surface area contributed by atoms with Crippen molar-refractivity contribution in [2.75, 3.05) is 0 Å². The SMILES string of the molecule is FCc1noc2ccc(Br)cc12. The molecule has 0 radical (unpaired) electrons. The van der Waals surface area contributed by atoms with E-state index in [4.69, 9.17) is 4.52 Å². The van der Waals surface area contributed by atoms with E-state index in [9.17, 15) is 4.39 Å². The fourth-order valence-electron chi connectivity index (χ4n) is 1.06. The molecule has 0 unspecified atom stereocenters. The molecule has 0 saturated heterocycles. The van der Waals surface area contributed by atoms with Crippen molar-refractivity contribution >= 4 is 26.9 Å². The molecule has 4 heteroatoms. The standard InChI is InChI=1S/C8H5BrFNO/c9-5-1-2-8-6(3-5)7(4-10)11-12-8/h1-3H,4H2. The highest BCUT2D eigenvalue weighted by Gasteiger charge is 2.06. The summed E-state index contributed by atoms with van der Waals surface area (Å²) in [5.74, 6) is 0. The molecule has 12 heavy (non-hydrogen) atoms. The molecule has 1 aromatic carbocycles. The molecule has 0 spiro atoms. The van der Waals surface area contributed by atoms with E-state index >= 15 is 0 Å². The van der Waals surface area contributed by atoms with Crippen molar-refractivity contribution in [3.05, 3.63) is 28.4 Å². The number of alkyl halides is 1. The highest BCUT2D eigenvalue weighted by molar-refractivity contribution is 9.10. The van der Waals surface area contributed by atoms with Gasteiger partial charge in [0.2, 0.25) is 0 Å². The lowest BCUT2D eigenvalue weighted by molar-refractivity contribution is 0.410. The molecule has 0 aliphatic heterocycles. The molecule has 2 nitrogen and oxygen atoms in total. The zero-order chi connectivity index (χ0) is 8.55. The molecule has 2 aromatic rings. The Bertz CT molecular complexity index is 412. The summed E-state index contributed by atoms with van der Waals surface area (Å²) in [6, 6.07) is 5.38. The lowest BCUT2D eigenvalue weighted by Gasteiger charge is -1.89. The molecular formula is C8H5BrFNO. The Kier molecular flexibility index (Phi) is 1.84. The molecule has 0 atom stereocenters. The van der Waals surface area contributed by atoms with Gasteiger partial charge in [-0.05, 0) is 18.2 Å². The van der Waals surface area contributed by atoms with Gasteiger partial charge in [0.15, 0.2) is 5.58 Å². The smallest absolute Gasteiger partial charge is 0.167 e. The Balaban J connectivity index is 2.75. The monoisotopic (exact) mass is 229 g/mol. The van der Waals surface area contributed by atoms with Gasteiger partial charge >= 0.3 is 0 Å². The minimum absolute atomic E-state index is 0.353. The molecule has 0 aliphatic carbocycles. The summed E-state index contributed by atoms with van der Waals surface area (Å²) in [7, 11) is 0. The van der Waals surface area contributed by atoms with E-state index < -0.39 is 6.67 Å². The Morgan fingerprint density at radius 2 is 2.33 bits per heavy atom. The van der Waals surface area contributed by atoms with Gasteiger partial charge in [-0.25, -0.2) is 4.39 Å². The average molecular weight is 230 g/mol. The van der Waals surface area contributed by atoms with Gasteiger partial charge < -0.3 is 4.52 Å². The van der Waals surface area contributed by atoms with E-state index in [0.29, 0.717) is 11.3 Å². The number of halogens is 2. The van der Waals surface area contributed by atoms with E-state index in [-0.39, 0.29) is 0 Å². The second-order valence-corrected chi connectivity index (χ2v) is 3.32. The Labute approximate surface area is 76.5 Å². The number of rotatable bonds is 1. The van der Waals surface area contributed by atoms with Gasteiger partial charge in [0.1, 0.15) is 12.4 Å². The average Bonchev–Trinajstić information content (AvgIpc) is 2.46. The van der Waals surface area contributed by atoms with Gasteiger partial charge in [-0.15, -0.1) is 0 Å². The molecule has 0 saturated carbocycles. The first-order chi connectivity index (χ1) is 5.81. The molecule has 0 N–H and O–H groups in total. The maximum Gasteiger partial charge on any atom is 0.167 e. The van der Waals surface area contributed by atoms with Gasteiger partial charge in [-0.1, -0.05) is 21.1 Å². The lowest BCUT2D eigenvalue weighted by atomic mass is 10.2. The molecule has 1 aromatic heterocycles. The van der Waals surface area contributed by atoms with Crippen molar-refractivity contribution in [2.45, 2.75) is 6.67 Å².